The molecule has 0 bridgehead atoms. The van der Waals surface area contributed by atoms with Crippen molar-refractivity contribution in [1.29, 1.82) is 0 Å². The molecular weight excluding hydrogens is 296 g/mol. The second-order valence-corrected chi connectivity index (χ2v) is 4.89. The molecule has 0 fully saturated rings. The van der Waals surface area contributed by atoms with E-state index in [1.807, 2.05) is 6.07 Å². The molecule has 0 aliphatic rings. The number of rotatable bonds is 6. The first-order valence-electron chi connectivity index (χ1n) is 7.07. The summed E-state index contributed by atoms with van der Waals surface area (Å²) >= 11 is 0. The number of aliphatic carboxylic acids is 1. The maximum atomic E-state index is 12.1. The molecule has 0 aliphatic carbocycles. The van der Waals surface area contributed by atoms with Crippen LogP contribution >= 0.6 is 0 Å². The predicted octanol–water partition coefficient (Wildman–Crippen LogP) is 3.03. The van der Waals surface area contributed by atoms with E-state index in [1.54, 1.807) is 48.5 Å². The Hall–Kier alpha value is -3.02. The fourth-order valence-corrected chi connectivity index (χ4v) is 2.13. The van der Waals surface area contributed by atoms with Gasteiger partial charge in [-0.25, -0.2) is 4.79 Å². The third kappa shape index (κ3) is 5.03. The van der Waals surface area contributed by atoms with Gasteiger partial charge in [0.15, 0.2) is 0 Å². The van der Waals surface area contributed by atoms with Gasteiger partial charge in [0.1, 0.15) is 5.75 Å². The molecule has 0 aromatic heterocycles. The molecule has 1 atom stereocenters. The van der Waals surface area contributed by atoms with Crippen LogP contribution in [0.5, 0.6) is 5.75 Å². The van der Waals surface area contributed by atoms with E-state index in [4.69, 9.17) is 9.84 Å². The molecule has 120 valence electrons. The molecule has 2 aromatic carbocycles. The Morgan fingerprint density at radius 1 is 1.13 bits per heavy atom. The highest BCUT2D eigenvalue weighted by molar-refractivity contribution is 5.89. The van der Waals surface area contributed by atoms with E-state index in [2.05, 4.69) is 10.6 Å². The van der Waals surface area contributed by atoms with Crippen LogP contribution in [0.2, 0.25) is 0 Å². The summed E-state index contributed by atoms with van der Waals surface area (Å²) in [6, 6.07) is 14.8. The molecule has 0 spiro atoms. The highest BCUT2D eigenvalue weighted by atomic mass is 16.5. The van der Waals surface area contributed by atoms with Crippen molar-refractivity contribution >= 4 is 17.7 Å². The molecule has 0 aliphatic heterocycles. The Kier molecular flexibility index (Phi) is 5.57. The number of nitrogens with one attached hydrogen (secondary N) is 2. The van der Waals surface area contributed by atoms with Crippen molar-refractivity contribution < 1.29 is 19.4 Å². The summed E-state index contributed by atoms with van der Waals surface area (Å²) in [6.45, 7) is 0. The number of methoxy groups -OCH3 is 1. The van der Waals surface area contributed by atoms with Gasteiger partial charge in [0.25, 0.3) is 0 Å². The molecule has 2 rings (SSSR count). The normalized spacial score (nSPS) is 11.3. The first kappa shape index (κ1) is 16.4. The third-order valence-corrected chi connectivity index (χ3v) is 3.21. The van der Waals surface area contributed by atoms with Crippen LogP contribution in [0.15, 0.2) is 54.6 Å². The Morgan fingerprint density at radius 2 is 1.87 bits per heavy atom. The van der Waals surface area contributed by atoms with Crippen molar-refractivity contribution in [2.24, 2.45) is 0 Å². The SMILES string of the molecule is COc1cccc([C@H](CC(=O)O)NC(=O)Nc2ccccc2)c1. The van der Waals surface area contributed by atoms with E-state index in [9.17, 15) is 9.59 Å². The lowest BCUT2D eigenvalue weighted by atomic mass is 10.0. The highest BCUT2D eigenvalue weighted by Gasteiger charge is 2.18. The average Bonchev–Trinajstić information content (AvgIpc) is 2.54. The zero-order chi connectivity index (χ0) is 16.7. The lowest BCUT2D eigenvalue weighted by Crippen LogP contribution is -2.33. The van der Waals surface area contributed by atoms with E-state index < -0.39 is 18.0 Å². The molecule has 6 nitrogen and oxygen atoms in total. The number of benzene rings is 2. The van der Waals surface area contributed by atoms with Crippen LogP contribution in [0.3, 0.4) is 0 Å². The van der Waals surface area contributed by atoms with E-state index in [1.165, 1.54) is 7.11 Å². The van der Waals surface area contributed by atoms with Gasteiger partial charge in [0, 0.05) is 5.69 Å². The van der Waals surface area contributed by atoms with Crippen molar-refractivity contribution in [2.75, 3.05) is 12.4 Å². The monoisotopic (exact) mass is 314 g/mol. The maximum absolute atomic E-state index is 12.1. The molecule has 0 heterocycles. The fraction of sp³-hybridized carbons (Fsp3) is 0.176. The number of para-hydroxylation sites is 1. The van der Waals surface area contributed by atoms with Gasteiger partial charge in [0.2, 0.25) is 0 Å². The van der Waals surface area contributed by atoms with Gasteiger partial charge in [-0.15, -0.1) is 0 Å². The molecule has 2 amide bonds. The largest absolute Gasteiger partial charge is 0.497 e. The number of amides is 2. The quantitative estimate of drug-likeness (QED) is 0.765. The van der Waals surface area contributed by atoms with Gasteiger partial charge in [-0.2, -0.15) is 0 Å². The smallest absolute Gasteiger partial charge is 0.319 e. The first-order valence-corrected chi connectivity index (χ1v) is 7.07. The molecule has 0 unspecified atom stereocenters. The number of carbonyl (C=O) groups is 2. The van der Waals surface area contributed by atoms with Crippen molar-refractivity contribution in [2.45, 2.75) is 12.5 Å². The molecule has 23 heavy (non-hydrogen) atoms. The summed E-state index contributed by atoms with van der Waals surface area (Å²) in [5.74, 6) is -0.402. The molecule has 2 aromatic rings. The fourth-order valence-electron chi connectivity index (χ4n) is 2.13. The average molecular weight is 314 g/mol. The second-order valence-electron chi connectivity index (χ2n) is 4.89. The number of carbonyl (C=O) groups excluding carboxylic acids is 1. The van der Waals surface area contributed by atoms with Crippen LogP contribution in [0.4, 0.5) is 10.5 Å². The number of hydrogen-bond donors (Lipinski definition) is 3. The number of carboxylic acids is 1. The Morgan fingerprint density at radius 3 is 2.52 bits per heavy atom. The van der Waals surface area contributed by atoms with Crippen molar-refractivity contribution in [3.8, 4) is 5.75 Å². The van der Waals surface area contributed by atoms with Crippen LogP contribution in [0, 0.1) is 0 Å². The van der Waals surface area contributed by atoms with Crippen LogP contribution < -0.4 is 15.4 Å². The van der Waals surface area contributed by atoms with Crippen molar-refractivity contribution in [1.82, 2.24) is 5.32 Å². The van der Waals surface area contributed by atoms with Gasteiger partial charge in [-0.3, -0.25) is 4.79 Å². The van der Waals surface area contributed by atoms with Crippen molar-refractivity contribution in [3.63, 3.8) is 0 Å². The minimum atomic E-state index is -1.00. The van der Waals surface area contributed by atoms with Gasteiger partial charge < -0.3 is 20.5 Å². The third-order valence-electron chi connectivity index (χ3n) is 3.21. The van der Waals surface area contributed by atoms with E-state index in [0.717, 1.165) is 0 Å². The first-order chi connectivity index (χ1) is 11.1. The van der Waals surface area contributed by atoms with Gasteiger partial charge >= 0.3 is 12.0 Å². The number of urea groups is 1. The summed E-state index contributed by atoms with van der Waals surface area (Å²) < 4.78 is 5.13. The second kappa shape index (κ2) is 7.84. The lowest BCUT2D eigenvalue weighted by Gasteiger charge is -2.18. The maximum Gasteiger partial charge on any atom is 0.319 e. The predicted molar refractivity (Wildman–Crippen MR) is 86.6 cm³/mol. The Labute approximate surface area is 134 Å². The summed E-state index contributed by atoms with van der Waals surface area (Å²) in [5, 5.41) is 14.4. The van der Waals surface area contributed by atoms with E-state index >= 15 is 0 Å². The van der Waals surface area contributed by atoms with Crippen LogP contribution in [0.25, 0.3) is 0 Å². The zero-order valence-electron chi connectivity index (χ0n) is 12.7. The molecule has 0 radical (unpaired) electrons. The number of carboxylic acid groups (broad SMARTS) is 1. The standard InChI is InChI=1S/C17H18N2O4/c1-23-14-9-5-6-12(10-14)15(11-16(20)21)19-17(22)18-13-7-3-2-4-8-13/h2-10,15H,11H2,1H3,(H,20,21)(H2,18,19,22)/t15-/m0/s1. The van der Waals surface area contributed by atoms with Gasteiger partial charge in [-0.1, -0.05) is 30.3 Å². The van der Waals surface area contributed by atoms with Gasteiger partial charge in [-0.05, 0) is 29.8 Å². The minimum Gasteiger partial charge on any atom is -0.497 e. The van der Waals surface area contributed by atoms with E-state index in [0.29, 0.717) is 17.0 Å². The van der Waals surface area contributed by atoms with E-state index in [-0.39, 0.29) is 6.42 Å². The number of hydrogen-bond acceptors (Lipinski definition) is 3. The van der Waals surface area contributed by atoms with Gasteiger partial charge in [0.05, 0.1) is 19.6 Å². The van der Waals surface area contributed by atoms with Crippen LogP contribution in [-0.4, -0.2) is 24.2 Å². The number of ether oxygens (including phenoxy) is 1. The summed E-state index contributed by atoms with van der Waals surface area (Å²) in [7, 11) is 1.53. The zero-order valence-corrected chi connectivity index (χ0v) is 12.7. The van der Waals surface area contributed by atoms with Crippen LogP contribution in [0.1, 0.15) is 18.0 Å². The highest BCUT2D eigenvalue weighted by Crippen LogP contribution is 2.22. The molecule has 6 heteroatoms. The molecular formula is C17H18N2O4. The molecule has 3 N–H and O–H groups in total. The molecule has 0 saturated carbocycles. The summed E-state index contributed by atoms with van der Waals surface area (Å²) in [6.07, 6.45) is -0.227. The number of anilines is 1. The minimum absolute atomic E-state index is 0.227. The Bertz CT molecular complexity index is 673. The summed E-state index contributed by atoms with van der Waals surface area (Å²) in [5.41, 5.74) is 1.29. The lowest BCUT2D eigenvalue weighted by molar-refractivity contribution is -0.137. The van der Waals surface area contributed by atoms with Crippen LogP contribution in [-0.2, 0) is 4.79 Å². The van der Waals surface area contributed by atoms with Crippen molar-refractivity contribution in [3.05, 3.63) is 60.2 Å². The molecule has 0 saturated heterocycles. The topological polar surface area (TPSA) is 87.7 Å². The summed E-state index contributed by atoms with van der Waals surface area (Å²) in [4.78, 5) is 23.2. The Balaban J connectivity index is 2.11.